The fourth-order valence-corrected chi connectivity index (χ4v) is 0. The van der Waals surface area contributed by atoms with Crippen LogP contribution in [-0.4, -0.2) is 5.21 Å². The Hall–Kier alpha value is 0.170. The van der Waals surface area contributed by atoms with Crippen LogP contribution in [0.2, 0.25) is 0 Å². The molecule has 0 radical (unpaired) electrons. The summed E-state index contributed by atoms with van der Waals surface area (Å²) in [5.74, 6) is 2.79. The predicted octanol–water partition coefficient (Wildman–Crippen LogP) is -4.87. The lowest BCUT2D eigenvalue weighted by molar-refractivity contribution is -0.515. The normalized spacial score (nSPS) is 4.50. The Kier molecular flexibility index (Phi) is 24.3. The highest BCUT2D eigenvalue weighted by atomic mass is 35.5. The zero-order valence-electron chi connectivity index (χ0n) is 2.03. The van der Waals surface area contributed by atoms with Gasteiger partial charge < -0.3 is 12.4 Å². The Labute approximate surface area is 30.1 Å². The lowest BCUT2D eigenvalue weighted by Crippen LogP contribution is -3.00. The van der Waals surface area contributed by atoms with Gasteiger partial charge in [0.2, 0.25) is 0 Å². The van der Waals surface area contributed by atoms with Gasteiger partial charge >= 0.3 is 0 Å². The molecule has 0 aromatic rings. The average Bonchev–Trinajstić information content (AvgIpc) is 0.918. The first-order valence-corrected chi connectivity index (χ1v) is 0.577. The smallest absolute Gasteiger partial charge is 0.0476 e. The van der Waals surface area contributed by atoms with E-state index in [2.05, 4.69) is 5.84 Å². The number of nitrogens with one attached hydrogen (secondary N) is 1. The monoisotopic (exact) mass is 84.0 g/mol. The molecule has 5 N–H and O–H groups in total. The molecule has 0 amide bonds. The second-order valence-corrected chi connectivity index (χ2v) is 0.158. The molecule has 0 aliphatic heterocycles. The predicted molar refractivity (Wildman–Crippen MR) is 7.81 cm³/mol. The van der Waals surface area contributed by atoms with Crippen LogP contribution in [0, 0.1) is 0 Å². The van der Waals surface area contributed by atoms with E-state index in [0.717, 1.165) is 0 Å². The van der Waals surface area contributed by atoms with Crippen molar-refractivity contribution in [2.24, 2.45) is 0 Å². The van der Waals surface area contributed by atoms with Crippen LogP contribution in [0.25, 0.3) is 0 Å². The van der Waals surface area contributed by atoms with Gasteiger partial charge in [0.05, 0.1) is 0 Å². The van der Waals surface area contributed by atoms with Crippen LogP contribution >= 0.6 is 0 Å². The van der Waals surface area contributed by atoms with Gasteiger partial charge in [0.25, 0.3) is 0 Å². The van der Waals surface area contributed by atoms with Gasteiger partial charge in [-0.15, -0.1) is 0 Å². The van der Waals surface area contributed by atoms with Crippen LogP contribution in [0.5, 0.6) is 0 Å². The maximum absolute atomic E-state index is 7.21. The summed E-state index contributed by atoms with van der Waals surface area (Å²) in [6.07, 6.45) is 0. The van der Waals surface area contributed by atoms with Crippen molar-refractivity contribution in [2.45, 2.75) is 0 Å². The van der Waals surface area contributed by atoms with Gasteiger partial charge in [-0.1, -0.05) is 0 Å². The minimum atomic E-state index is 0. The number of halogens is 1. The van der Waals surface area contributed by atoms with Crippen molar-refractivity contribution in [3.63, 3.8) is 0 Å². The van der Waals surface area contributed by atoms with Crippen molar-refractivity contribution in [1.29, 1.82) is 0 Å². The maximum atomic E-state index is 7.21. The molecule has 0 atom stereocenters. The summed E-state index contributed by atoms with van der Waals surface area (Å²) in [5, 5.41) is 7.21. The van der Waals surface area contributed by atoms with E-state index >= 15 is 0 Å². The van der Waals surface area contributed by atoms with Crippen molar-refractivity contribution < 1.29 is 23.5 Å². The molecular weight excluding hydrogens is 79.5 g/mol. The highest BCUT2D eigenvalue weighted by molar-refractivity contribution is 2.97. The minimum Gasteiger partial charge on any atom is -1.00 e. The van der Waals surface area contributed by atoms with E-state index in [0.29, 0.717) is 0 Å². The van der Waals surface area contributed by atoms with Gasteiger partial charge in [-0.2, -0.15) is 0 Å². The molecule has 0 aliphatic rings. The first-order valence-electron chi connectivity index (χ1n) is 0.577. The summed E-state index contributed by atoms with van der Waals surface area (Å²) in [4.78, 5) is 0. The molecular formula is H5ClN2O. The van der Waals surface area contributed by atoms with Crippen molar-refractivity contribution in [3.8, 4) is 0 Å². The van der Waals surface area contributed by atoms with E-state index in [1.54, 1.807) is 0 Å². The maximum Gasteiger partial charge on any atom is -0.0476 e. The van der Waals surface area contributed by atoms with Crippen molar-refractivity contribution in [3.05, 3.63) is 0 Å². The molecule has 0 saturated carbocycles. The SMILES string of the molecule is [Cl-].[NH3+]NO. The second kappa shape index (κ2) is 10.9. The number of hydrogen-bond acceptors (Lipinski definition) is 2. The lowest BCUT2D eigenvalue weighted by Gasteiger charge is -1.57. The topological polar surface area (TPSA) is 59.9 Å². The number of rotatable bonds is 0. The van der Waals surface area contributed by atoms with E-state index in [9.17, 15) is 0 Å². The Morgan fingerprint density at radius 3 is 1.75 bits per heavy atom. The Morgan fingerprint density at radius 1 is 1.75 bits per heavy atom. The van der Waals surface area contributed by atoms with Gasteiger partial charge in [0.1, 0.15) is 0 Å². The second-order valence-electron chi connectivity index (χ2n) is 0.158. The molecule has 0 aliphatic carbocycles. The van der Waals surface area contributed by atoms with Crippen LogP contribution in [-0.2, 0) is 0 Å². The third-order valence-corrected chi connectivity index (χ3v) is 0. The zero-order valence-corrected chi connectivity index (χ0v) is 2.79. The Balaban J connectivity index is 0. The summed E-state index contributed by atoms with van der Waals surface area (Å²) in [6, 6.07) is 0. The first-order chi connectivity index (χ1) is 1.41. The molecule has 4 heavy (non-hydrogen) atoms. The molecule has 0 unspecified atom stereocenters. The molecule has 0 aromatic carbocycles. The molecule has 0 aromatic heterocycles. The van der Waals surface area contributed by atoms with Gasteiger partial charge in [-0.05, 0) is 5.59 Å². The molecule has 3 nitrogen and oxygen atoms in total. The van der Waals surface area contributed by atoms with E-state index in [-0.39, 0.29) is 12.4 Å². The third kappa shape index (κ3) is 103. The van der Waals surface area contributed by atoms with Gasteiger partial charge in [0.15, 0.2) is 0 Å². The fourth-order valence-electron chi connectivity index (χ4n) is 0. The first kappa shape index (κ1) is 8.90. The van der Waals surface area contributed by atoms with Crippen LogP contribution < -0.4 is 23.8 Å². The summed E-state index contributed by atoms with van der Waals surface area (Å²) in [7, 11) is 0. The number of hydrogen-bond donors (Lipinski definition) is 3. The zero-order chi connectivity index (χ0) is 2.71. The van der Waals surface area contributed by atoms with Crippen molar-refractivity contribution in [1.82, 2.24) is 5.59 Å². The average molecular weight is 84.5 g/mol. The lowest BCUT2D eigenvalue weighted by atomic mass is 12.8. The molecule has 0 heterocycles. The summed E-state index contributed by atoms with van der Waals surface area (Å²) in [6.45, 7) is 0. The quantitative estimate of drug-likeness (QED) is 0.258. The van der Waals surface area contributed by atoms with Crippen LogP contribution in [0.3, 0.4) is 0 Å². The molecule has 4 heteroatoms. The highest BCUT2D eigenvalue weighted by Gasteiger charge is 1.26. The van der Waals surface area contributed by atoms with E-state index in [1.165, 1.54) is 5.59 Å². The standard InChI is InChI=1S/ClH.H4N2O/c;1-2-3/h1H;2-3H,1H2. The molecule has 0 spiro atoms. The van der Waals surface area contributed by atoms with Crippen LogP contribution in [0.4, 0.5) is 0 Å². The van der Waals surface area contributed by atoms with Crippen LogP contribution in [0.1, 0.15) is 0 Å². The van der Waals surface area contributed by atoms with E-state index in [1.807, 2.05) is 0 Å². The van der Waals surface area contributed by atoms with E-state index < -0.39 is 0 Å². The minimum absolute atomic E-state index is 0. The van der Waals surface area contributed by atoms with Crippen molar-refractivity contribution >= 4 is 0 Å². The Bertz CT molecular complexity index is 6.00. The molecule has 0 rings (SSSR count). The van der Waals surface area contributed by atoms with Crippen molar-refractivity contribution in [2.75, 3.05) is 0 Å². The Morgan fingerprint density at radius 2 is 1.75 bits per heavy atom. The highest BCUT2D eigenvalue weighted by Crippen LogP contribution is 0.691. The number of quaternary nitrogens is 1. The van der Waals surface area contributed by atoms with Crippen LogP contribution in [0.15, 0.2) is 0 Å². The third-order valence-electron chi connectivity index (χ3n) is 0. The summed E-state index contributed by atoms with van der Waals surface area (Å²) in [5.41, 5.74) is 1.50. The molecule has 28 valence electrons. The summed E-state index contributed by atoms with van der Waals surface area (Å²) >= 11 is 0. The molecule has 0 fully saturated rings. The van der Waals surface area contributed by atoms with E-state index in [4.69, 9.17) is 5.21 Å². The molecule has 0 bridgehead atoms. The van der Waals surface area contributed by atoms with Gasteiger partial charge in [0, 0.05) is 0 Å². The van der Waals surface area contributed by atoms with Gasteiger partial charge in [-0.25, -0.2) is 0 Å². The molecule has 0 saturated heterocycles. The summed E-state index contributed by atoms with van der Waals surface area (Å²) < 4.78 is 0. The van der Waals surface area contributed by atoms with Gasteiger partial charge in [-0.3, -0.25) is 11.0 Å². The fraction of sp³-hybridized carbons (Fsp3) is 0. The largest absolute Gasteiger partial charge is 1.00 e.